The molecule has 4 N–H and O–H groups in total. The van der Waals surface area contributed by atoms with Crippen LogP contribution in [0, 0.1) is 0 Å². The number of piperazine rings is 1. The summed E-state index contributed by atoms with van der Waals surface area (Å²) in [6, 6.07) is 0. The first kappa shape index (κ1) is 5.97. The summed E-state index contributed by atoms with van der Waals surface area (Å²) in [5.41, 5.74) is 0. The molecule has 1 rings (SSSR count). The molecular formula is C4H10N2O2. The molecule has 1 heterocycles. The van der Waals surface area contributed by atoms with Gasteiger partial charge in [0, 0.05) is 13.1 Å². The fourth-order valence-electron chi connectivity index (χ4n) is 0.676. The first-order valence-electron chi connectivity index (χ1n) is 2.61. The van der Waals surface area contributed by atoms with Gasteiger partial charge in [-0.05, 0) is 0 Å². The molecule has 0 aromatic rings. The van der Waals surface area contributed by atoms with Gasteiger partial charge in [-0.2, -0.15) is 0 Å². The highest BCUT2D eigenvalue weighted by atomic mass is 16.5. The highest BCUT2D eigenvalue weighted by molar-refractivity contribution is 4.71. The van der Waals surface area contributed by atoms with Gasteiger partial charge in [0.05, 0.1) is 6.54 Å². The minimum atomic E-state index is -1.68. The topological polar surface area (TPSA) is 64.5 Å². The minimum Gasteiger partial charge on any atom is -0.352 e. The molecule has 4 heteroatoms. The summed E-state index contributed by atoms with van der Waals surface area (Å²) in [4.78, 5) is 0. The summed E-state index contributed by atoms with van der Waals surface area (Å²) in [6.45, 7) is 1.60. The molecule has 1 saturated heterocycles. The zero-order valence-corrected chi connectivity index (χ0v) is 4.52. The molecule has 1 aliphatic rings. The molecule has 0 amide bonds. The molecule has 4 nitrogen and oxygen atoms in total. The molecule has 48 valence electrons. The zero-order chi connectivity index (χ0) is 6.04. The summed E-state index contributed by atoms with van der Waals surface area (Å²) in [6.07, 6.45) is 0. The SMILES string of the molecule is OC1(O)CNCCN1. The van der Waals surface area contributed by atoms with Gasteiger partial charge in [0.1, 0.15) is 0 Å². The Labute approximate surface area is 47.5 Å². The predicted octanol–water partition coefficient (Wildman–Crippen LogP) is -2.18. The van der Waals surface area contributed by atoms with E-state index < -0.39 is 5.91 Å². The van der Waals surface area contributed by atoms with Crippen LogP contribution < -0.4 is 10.6 Å². The molecule has 0 aromatic heterocycles. The van der Waals surface area contributed by atoms with Crippen molar-refractivity contribution in [3.05, 3.63) is 0 Å². The zero-order valence-electron chi connectivity index (χ0n) is 4.52. The van der Waals surface area contributed by atoms with Gasteiger partial charge >= 0.3 is 0 Å². The normalized spacial score (nSPS) is 27.8. The van der Waals surface area contributed by atoms with Crippen LogP contribution >= 0.6 is 0 Å². The third kappa shape index (κ3) is 1.41. The first-order chi connectivity index (χ1) is 3.71. The van der Waals surface area contributed by atoms with Gasteiger partial charge in [-0.15, -0.1) is 0 Å². The molecule has 0 atom stereocenters. The summed E-state index contributed by atoms with van der Waals surface area (Å²) in [5.74, 6) is -1.68. The molecule has 0 aromatic carbocycles. The Morgan fingerprint density at radius 3 is 2.25 bits per heavy atom. The Bertz CT molecular complexity index is 76.1. The summed E-state index contributed by atoms with van der Waals surface area (Å²) in [7, 11) is 0. The summed E-state index contributed by atoms with van der Waals surface area (Å²) >= 11 is 0. The van der Waals surface area contributed by atoms with Crippen molar-refractivity contribution in [1.82, 2.24) is 10.6 Å². The number of hydrogen-bond acceptors (Lipinski definition) is 4. The third-order valence-electron chi connectivity index (χ3n) is 1.08. The first-order valence-corrected chi connectivity index (χ1v) is 2.61. The van der Waals surface area contributed by atoms with Crippen LogP contribution in [-0.2, 0) is 0 Å². The summed E-state index contributed by atoms with van der Waals surface area (Å²) in [5, 5.41) is 22.8. The maximum atomic E-state index is 8.76. The van der Waals surface area contributed by atoms with Crippen LogP contribution in [0.15, 0.2) is 0 Å². The second kappa shape index (κ2) is 1.99. The van der Waals surface area contributed by atoms with Gasteiger partial charge in [0.2, 0.25) is 5.91 Å². The van der Waals surface area contributed by atoms with Crippen molar-refractivity contribution in [3.8, 4) is 0 Å². The van der Waals surface area contributed by atoms with Crippen molar-refractivity contribution in [2.24, 2.45) is 0 Å². The smallest absolute Gasteiger partial charge is 0.235 e. The monoisotopic (exact) mass is 118 g/mol. The van der Waals surface area contributed by atoms with Gasteiger partial charge < -0.3 is 15.5 Å². The fourth-order valence-corrected chi connectivity index (χ4v) is 0.676. The lowest BCUT2D eigenvalue weighted by Crippen LogP contribution is -2.59. The van der Waals surface area contributed by atoms with E-state index in [4.69, 9.17) is 10.2 Å². The Balaban J connectivity index is 2.33. The van der Waals surface area contributed by atoms with Crippen molar-refractivity contribution in [2.75, 3.05) is 19.6 Å². The maximum Gasteiger partial charge on any atom is 0.235 e. The molecule has 0 bridgehead atoms. The van der Waals surface area contributed by atoms with Crippen molar-refractivity contribution >= 4 is 0 Å². The van der Waals surface area contributed by atoms with Gasteiger partial charge in [-0.25, -0.2) is 0 Å². The van der Waals surface area contributed by atoms with Crippen LogP contribution in [0.1, 0.15) is 0 Å². The quantitative estimate of drug-likeness (QED) is 0.273. The van der Waals surface area contributed by atoms with E-state index in [9.17, 15) is 0 Å². The van der Waals surface area contributed by atoms with E-state index in [0.29, 0.717) is 6.54 Å². The molecule has 0 spiro atoms. The van der Waals surface area contributed by atoms with Crippen LogP contribution in [-0.4, -0.2) is 35.8 Å². The van der Waals surface area contributed by atoms with Crippen LogP contribution in [0.3, 0.4) is 0 Å². The Kier molecular flexibility index (Phi) is 1.48. The highest BCUT2D eigenvalue weighted by Gasteiger charge is 2.23. The van der Waals surface area contributed by atoms with Crippen LogP contribution in [0.5, 0.6) is 0 Å². The summed E-state index contributed by atoms with van der Waals surface area (Å²) < 4.78 is 0. The van der Waals surface area contributed by atoms with Crippen LogP contribution in [0.4, 0.5) is 0 Å². The average Bonchev–Trinajstić information content (AvgIpc) is 1.65. The van der Waals surface area contributed by atoms with Crippen molar-refractivity contribution in [3.63, 3.8) is 0 Å². The van der Waals surface area contributed by atoms with Gasteiger partial charge in [0.25, 0.3) is 0 Å². The Hall–Kier alpha value is -0.160. The lowest BCUT2D eigenvalue weighted by Gasteiger charge is -2.27. The van der Waals surface area contributed by atoms with E-state index in [0.717, 1.165) is 6.54 Å². The van der Waals surface area contributed by atoms with Crippen LogP contribution in [0.2, 0.25) is 0 Å². The standard InChI is InChI=1S/C4H10N2O2/c7-4(8)3-5-1-2-6-4/h5-8H,1-3H2. The largest absolute Gasteiger partial charge is 0.352 e. The number of rotatable bonds is 0. The van der Waals surface area contributed by atoms with E-state index in [1.165, 1.54) is 0 Å². The predicted molar refractivity (Wildman–Crippen MR) is 28.0 cm³/mol. The Morgan fingerprint density at radius 2 is 2.00 bits per heavy atom. The maximum absolute atomic E-state index is 8.76. The molecule has 8 heavy (non-hydrogen) atoms. The molecule has 0 unspecified atom stereocenters. The van der Waals surface area contributed by atoms with Crippen molar-refractivity contribution in [1.29, 1.82) is 0 Å². The molecular weight excluding hydrogens is 108 g/mol. The molecule has 0 saturated carbocycles. The van der Waals surface area contributed by atoms with Crippen molar-refractivity contribution < 1.29 is 10.2 Å². The van der Waals surface area contributed by atoms with E-state index in [1.54, 1.807) is 0 Å². The fraction of sp³-hybridized carbons (Fsp3) is 1.00. The number of nitrogens with one attached hydrogen (secondary N) is 2. The third-order valence-corrected chi connectivity index (χ3v) is 1.08. The number of aliphatic hydroxyl groups is 2. The minimum absolute atomic E-state index is 0.201. The van der Waals surface area contributed by atoms with E-state index in [1.807, 2.05) is 0 Å². The Morgan fingerprint density at radius 1 is 1.25 bits per heavy atom. The van der Waals surface area contributed by atoms with E-state index >= 15 is 0 Å². The van der Waals surface area contributed by atoms with Gasteiger partial charge in [-0.3, -0.25) is 5.32 Å². The van der Waals surface area contributed by atoms with E-state index in [-0.39, 0.29) is 6.54 Å². The lowest BCUT2D eigenvalue weighted by atomic mass is 10.4. The van der Waals surface area contributed by atoms with Gasteiger partial charge in [-0.1, -0.05) is 0 Å². The van der Waals surface area contributed by atoms with E-state index in [2.05, 4.69) is 10.6 Å². The second-order valence-corrected chi connectivity index (χ2v) is 1.92. The van der Waals surface area contributed by atoms with Gasteiger partial charge in [0.15, 0.2) is 0 Å². The van der Waals surface area contributed by atoms with Crippen LogP contribution in [0.25, 0.3) is 0 Å². The second-order valence-electron chi connectivity index (χ2n) is 1.92. The lowest BCUT2D eigenvalue weighted by molar-refractivity contribution is -0.188. The molecule has 1 fully saturated rings. The molecule has 1 aliphatic heterocycles. The number of β-amino-alcohol motifs (C(OH)–C–C–N with tert-alkyl or cyclic N) is 2. The van der Waals surface area contributed by atoms with Crippen molar-refractivity contribution in [2.45, 2.75) is 5.91 Å². The number of hydrogen-bond donors (Lipinski definition) is 4. The average molecular weight is 118 g/mol. The molecule has 0 radical (unpaired) electrons. The molecule has 0 aliphatic carbocycles. The highest BCUT2D eigenvalue weighted by Crippen LogP contribution is 1.92.